The molecule has 1 unspecified atom stereocenters. The van der Waals surface area contributed by atoms with Crippen molar-refractivity contribution in [3.05, 3.63) is 0 Å². The number of esters is 1. The predicted molar refractivity (Wildman–Crippen MR) is 61.4 cm³/mol. The number of halogens is 4. The molecule has 1 aliphatic carbocycles. The van der Waals surface area contributed by atoms with Crippen molar-refractivity contribution in [3.8, 4) is 0 Å². The van der Waals surface area contributed by atoms with Crippen LogP contribution >= 0.6 is 22.6 Å². The summed E-state index contributed by atoms with van der Waals surface area (Å²) in [6.07, 6.45) is -3.25. The number of hydrogen-bond acceptors (Lipinski definition) is 2. The Morgan fingerprint density at radius 1 is 1.44 bits per heavy atom. The molecule has 0 N–H and O–H groups in total. The maximum Gasteiger partial charge on any atom is 0.428 e. The third kappa shape index (κ3) is 2.81. The molecule has 0 heterocycles. The largest absolute Gasteiger partial charge is 0.449 e. The zero-order chi connectivity index (χ0) is 12.4. The molecule has 1 aliphatic rings. The van der Waals surface area contributed by atoms with Crippen molar-refractivity contribution in [2.45, 2.75) is 54.7 Å². The molecular weight excluding hydrogens is 336 g/mol. The lowest BCUT2D eigenvalue weighted by Gasteiger charge is -2.31. The fourth-order valence-corrected chi connectivity index (χ4v) is 1.94. The van der Waals surface area contributed by atoms with Gasteiger partial charge in [-0.15, -0.1) is 0 Å². The second kappa shape index (κ2) is 5.10. The first-order valence-electron chi connectivity index (χ1n) is 5.26. The van der Waals surface area contributed by atoms with Gasteiger partial charge in [0.1, 0.15) is 3.92 Å². The fourth-order valence-electron chi connectivity index (χ4n) is 1.81. The minimum atomic E-state index is -4.46. The number of carbonyl (C=O) groups is 1. The van der Waals surface area contributed by atoms with Gasteiger partial charge in [-0.25, -0.2) is 0 Å². The number of hydrogen-bond donors (Lipinski definition) is 0. The highest BCUT2D eigenvalue weighted by Crippen LogP contribution is 2.46. The van der Waals surface area contributed by atoms with Gasteiger partial charge in [0.25, 0.3) is 0 Å². The van der Waals surface area contributed by atoms with Gasteiger partial charge in [0.05, 0.1) is 0 Å². The number of carbonyl (C=O) groups excluding carboxylic acids is 1. The lowest BCUT2D eigenvalue weighted by atomic mass is 10.0. The van der Waals surface area contributed by atoms with Crippen molar-refractivity contribution in [1.82, 2.24) is 0 Å². The fraction of sp³-hybridized carbons (Fsp3) is 0.900. The van der Waals surface area contributed by atoms with Gasteiger partial charge in [0.15, 0.2) is 0 Å². The Morgan fingerprint density at radius 3 is 2.31 bits per heavy atom. The van der Waals surface area contributed by atoms with Crippen LogP contribution in [-0.4, -0.2) is 21.7 Å². The first-order valence-corrected chi connectivity index (χ1v) is 6.50. The van der Waals surface area contributed by atoms with E-state index in [1.165, 1.54) is 0 Å². The van der Waals surface area contributed by atoms with E-state index in [9.17, 15) is 18.0 Å². The third-order valence-electron chi connectivity index (χ3n) is 2.84. The monoisotopic (exact) mass is 350 g/mol. The summed E-state index contributed by atoms with van der Waals surface area (Å²) in [6, 6.07) is 0. The normalized spacial score (nSPS) is 21.8. The van der Waals surface area contributed by atoms with E-state index in [1.807, 2.05) is 22.6 Å². The van der Waals surface area contributed by atoms with Gasteiger partial charge >= 0.3 is 12.1 Å². The Labute approximate surface area is 106 Å². The molecule has 1 fully saturated rings. The Morgan fingerprint density at radius 2 is 1.94 bits per heavy atom. The summed E-state index contributed by atoms with van der Waals surface area (Å²) in [4.78, 5) is 11.5. The smallest absolute Gasteiger partial charge is 0.428 e. The molecule has 0 aromatic rings. The summed E-state index contributed by atoms with van der Waals surface area (Å²) >= 11 is 1.81. The highest BCUT2D eigenvalue weighted by atomic mass is 127. The van der Waals surface area contributed by atoms with Crippen LogP contribution in [0.2, 0.25) is 0 Å². The van der Waals surface area contributed by atoms with Crippen molar-refractivity contribution >= 4 is 28.6 Å². The average Bonchev–Trinajstić information content (AvgIpc) is 2.65. The molecule has 16 heavy (non-hydrogen) atoms. The Bertz CT molecular complexity index is 259. The Hall–Kier alpha value is -0.0100. The van der Waals surface area contributed by atoms with Crippen molar-refractivity contribution in [2.75, 3.05) is 0 Å². The number of rotatable bonds is 3. The molecule has 0 spiro atoms. The molecule has 94 valence electrons. The van der Waals surface area contributed by atoms with Crippen LogP contribution in [0.25, 0.3) is 0 Å². The van der Waals surface area contributed by atoms with E-state index in [0.29, 0.717) is 19.3 Å². The Kier molecular flexibility index (Phi) is 4.48. The number of ether oxygens (including phenoxy) is 1. The van der Waals surface area contributed by atoms with Crippen LogP contribution in [-0.2, 0) is 9.53 Å². The van der Waals surface area contributed by atoms with E-state index in [1.54, 1.807) is 6.92 Å². The summed E-state index contributed by atoms with van der Waals surface area (Å²) in [5.74, 6) is -0.748. The van der Waals surface area contributed by atoms with E-state index in [2.05, 4.69) is 0 Å². The lowest BCUT2D eigenvalue weighted by Crippen LogP contribution is -2.47. The van der Waals surface area contributed by atoms with Gasteiger partial charge in [-0.3, -0.25) is 4.79 Å². The average molecular weight is 350 g/mol. The molecule has 0 aromatic heterocycles. The van der Waals surface area contributed by atoms with E-state index in [4.69, 9.17) is 4.74 Å². The van der Waals surface area contributed by atoms with Gasteiger partial charge in [0, 0.05) is 0 Å². The quantitative estimate of drug-likeness (QED) is 0.442. The predicted octanol–water partition coefficient (Wildman–Crippen LogP) is 3.62. The second-order valence-corrected chi connectivity index (χ2v) is 5.50. The van der Waals surface area contributed by atoms with Crippen LogP contribution in [0.5, 0.6) is 0 Å². The molecule has 0 aliphatic heterocycles. The molecule has 0 bridgehead atoms. The van der Waals surface area contributed by atoms with Crippen molar-refractivity contribution in [3.63, 3.8) is 0 Å². The SMILES string of the molecule is CCC(I)C(=O)OC1(C(F)(F)F)CCCC1. The van der Waals surface area contributed by atoms with Crippen LogP contribution < -0.4 is 0 Å². The summed E-state index contributed by atoms with van der Waals surface area (Å²) in [5, 5.41) is 0. The van der Waals surface area contributed by atoms with E-state index in [-0.39, 0.29) is 12.8 Å². The molecule has 0 aromatic carbocycles. The van der Waals surface area contributed by atoms with E-state index >= 15 is 0 Å². The molecule has 6 heteroatoms. The second-order valence-electron chi connectivity index (χ2n) is 4.00. The molecule has 1 saturated carbocycles. The van der Waals surface area contributed by atoms with Gasteiger partial charge in [-0.1, -0.05) is 29.5 Å². The van der Waals surface area contributed by atoms with E-state index < -0.39 is 21.7 Å². The van der Waals surface area contributed by atoms with Crippen molar-refractivity contribution in [1.29, 1.82) is 0 Å². The van der Waals surface area contributed by atoms with Gasteiger partial charge in [-0.05, 0) is 32.1 Å². The molecular formula is C10H14F3IO2. The number of alkyl halides is 4. The summed E-state index contributed by atoms with van der Waals surface area (Å²) in [7, 11) is 0. The van der Waals surface area contributed by atoms with Crippen LogP contribution in [0.3, 0.4) is 0 Å². The van der Waals surface area contributed by atoms with Crippen LogP contribution in [0, 0.1) is 0 Å². The molecule has 0 saturated heterocycles. The summed E-state index contributed by atoms with van der Waals surface area (Å²) < 4.78 is 42.8. The zero-order valence-electron chi connectivity index (χ0n) is 8.94. The topological polar surface area (TPSA) is 26.3 Å². The summed E-state index contributed by atoms with van der Waals surface area (Å²) in [6.45, 7) is 1.74. The first kappa shape index (κ1) is 14.1. The van der Waals surface area contributed by atoms with Gasteiger partial charge in [-0.2, -0.15) is 13.2 Å². The molecule has 1 atom stereocenters. The first-order chi connectivity index (χ1) is 7.32. The highest BCUT2D eigenvalue weighted by Gasteiger charge is 2.59. The van der Waals surface area contributed by atoms with Crippen LogP contribution in [0.1, 0.15) is 39.0 Å². The molecule has 0 amide bonds. The highest BCUT2D eigenvalue weighted by molar-refractivity contribution is 14.1. The molecule has 0 radical (unpaired) electrons. The third-order valence-corrected chi connectivity index (χ3v) is 4.23. The van der Waals surface area contributed by atoms with Gasteiger partial charge in [0.2, 0.25) is 5.60 Å². The molecule has 2 nitrogen and oxygen atoms in total. The Balaban J connectivity index is 2.77. The maximum atomic E-state index is 12.9. The minimum Gasteiger partial charge on any atom is -0.449 e. The zero-order valence-corrected chi connectivity index (χ0v) is 11.1. The van der Waals surface area contributed by atoms with Crippen molar-refractivity contribution in [2.24, 2.45) is 0 Å². The van der Waals surface area contributed by atoms with Crippen LogP contribution in [0.4, 0.5) is 13.2 Å². The maximum absolute atomic E-state index is 12.9. The van der Waals surface area contributed by atoms with Crippen LogP contribution in [0.15, 0.2) is 0 Å². The molecule has 1 rings (SSSR count). The van der Waals surface area contributed by atoms with Crippen molar-refractivity contribution < 1.29 is 22.7 Å². The minimum absolute atomic E-state index is 0.102. The van der Waals surface area contributed by atoms with E-state index in [0.717, 1.165) is 0 Å². The standard InChI is InChI=1S/C10H14F3IO2/c1-2-7(14)8(15)16-9(10(11,12)13)5-3-4-6-9/h7H,2-6H2,1H3. The van der Waals surface area contributed by atoms with Gasteiger partial charge < -0.3 is 4.74 Å². The lowest BCUT2D eigenvalue weighted by molar-refractivity contribution is -0.267. The summed E-state index contributed by atoms with van der Waals surface area (Å²) in [5.41, 5.74) is -2.22.